The van der Waals surface area contributed by atoms with Crippen molar-refractivity contribution in [1.82, 2.24) is 0 Å². The summed E-state index contributed by atoms with van der Waals surface area (Å²) in [4.78, 5) is 0.781. The van der Waals surface area contributed by atoms with Crippen LogP contribution in [0.15, 0.2) is 35.2 Å². The molecule has 0 aliphatic rings. The SMILES string of the molecule is COc1cc([S-])c2cc(OC)ccc2c1. The van der Waals surface area contributed by atoms with Crippen LogP contribution in [0.5, 0.6) is 11.5 Å². The predicted octanol–water partition coefficient (Wildman–Crippen LogP) is 2.76. The van der Waals surface area contributed by atoms with E-state index in [0.717, 1.165) is 27.2 Å². The number of rotatable bonds is 2. The maximum absolute atomic E-state index is 5.28. The van der Waals surface area contributed by atoms with E-state index in [1.165, 1.54) is 0 Å². The summed E-state index contributed by atoms with van der Waals surface area (Å²) in [6.45, 7) is 0. The topological polar surface area (TPSA) is 18.5 Å². The Hall–Kier alpha value is -1.48. The number of fused-ring (bicyclic) bond motifs is 1. The third kappa shape index (κ3) is 1.83. The number of benzene rings is 2. The lowest BCUT2D eigenvalue weighted by molar-refractivity contribution is 0.413. The van der Waals surface area contributed by atoms with Crippen LogP contribution in [0.2, 0.25) is 0 Å². The van der Waals surface area contributed by atoms with Crippen molar-refractivity contribution in [2.75, 3.05) is 14.2 Å². The first kappa shape index (κ1) is 10.1. The van der Waals surface area contributed by atoms with Crippen LogP contribution < -0.4 is 9.47 Å². The van der Waals surface area contributed by atoms with Gasteiger partial charge in [-0.15, -0.1) is 0 Å². The molecular weight excluding hydrogens is 208 g/mol. The highest BCUT2D eigenvalue weighted by atomic mass is 32.1. The second-order valence-corrected chi connectivity index (χ2v) is 3.65. The van der Waals surface area contributed by atoms with Crippen molar-refractivity contribution in [3.63, 3.8) is 0 Å². The summed E-state index contributed by atoms with van der Waals surface area (Å²) >= 11 is 5.28. The fourth-order valence-corrected chi connectivity index (χ4v) is 1.81. The zero-order chi connectivity index (χ0) is 10.8. The Labute approximate surface area is 94.2 Å². The Bertz CT molecular complexity index is 494. The van der Waals surface area contributed by atoms with E-state index in [0.29, 0.717) is 0 Å². The third-order valence-corrected chi connectivity index (χ3v) is 2.67. The van der Waals surface area contributed by atoms with Gasteiger partial charge < -0.3 is 22.1 Å². The summed E-state index contributed by atoms with van der Waals surface area (Å²) in [5.41, 5.74) is 0. The maximum atomic E-state index is 5.28. The number of hydrogen-bond donors (Lipinski definition) is 0. The maximum Gasteiger partial charge on any atom is 0.119 e. The van der Waals surface area contributed by atoms with Crippen LogP contribution in [0.1, 0.15) is 0 Å². The molecule has 0 spiro atoms. The van der Waals surface area contributed by atoms with Gasteiger partial charge in [0.2, 0.25) is 0 Å². The molecule has 2 nitrogen and oxygen atoms in total. The van der Waals surface area contributed by atoms with Gasteiger partial charge in [-0.25, -0.2) is 0 Å². The Morgan fingerprint density at radius 3 is 2.33 bits per heavy atom. The third-order valence-electron chi connectivity index (χ3n) is 2.33. The molecular formula is C12H11O2S-. The van der Waals surface area contributed by atoms with Gasteiger partial charge in [-0.05, 0) is 35.0 Å². The molecule has 0 amide bonds. The minimum Gasteiger partial charge on any atom is -0.779 e. The summed E-state index contributed by atoms with van der Waals surface area (Å²) in [5, 5.41) is 2.09. The summed E-state index contributed by atoms with van der Waals surface area (Å²) in [6, 6.07) is 9.64. The number of ether oxygens (including phenoxy) is 2. The van der Waals surface area contributed by atoms with Crippen molar-refractivity contribution < 1.29 is 9.47 Å². The summed E-state index contributed by atoms with van der Waals surface area (Å²) in [6.07, 6.45) is 0. The highest BCUT2D eigenvalue weighted by Crippen LogP contribution is 2.28. The molecule has 0 heterocycles. The Morgan fingerprint density at radius 2 is 1.67 bits per heavy atom. The lowest BCUT2D eigenvalue weighted by atomic mass is 10.1. The van der Waals surface area contributed by atoms with E-state index in [1.807, 2.05) is 30.3 Å². The zero-order valence-corrected chi connectivity index (χ0v) is 9.43. The van der Waals surface area contributed by atoms with Crippen molar-refractivity contribution in [3.05, 3.63) is 30.3 Å². The Morgan fingerprint density at radius 1 is 0.933 bits per heavy atom. The van der Waals surface area contributed by atoms with Gasteiger partial charge in [0.25, 0.3) is 0 Å². The first-order chi connectivity index (χ1) is 7.24. The average molecular weight is 219 g/mol. The lowest BCUT2D eigenvalue weighted by Crippen LogP contribution is -1.87. The molecule has 0 fully saturated rings. The minimum atomic E-state index is 0.781. The fourth-order valence-electron chi connectivity index (χ4n) is 1.52. The van der Waals surface area contributed by atoms with Gasteiger partial charge in [0.15, 0.2) is 0 Å². The molecule has 0 unspecified atom stereocenters. The fraction of sp³-hybridized carbons (Fsp3) is 0.167. The van der Waals surface area contributed by atoms with Crippen molar-refractivity contribution >= 4 is 23.4 Å². The molecule has 3 heteroatoms. The van der Waals surface area contributed by atoms with Crippen molar-refractivity contribution in [1.29, 1.82) is 0 Å². The molecule has 0 aliphatic heterocycles. The molecule has 0 aromatic heterocycles. The largest absolute Gasteiger partial charge is 0.779 e. The monoisotopic (exact) mass is 219 g/mol. The van der Waals surface area contributed by atoms with Crippen LogP contribution in [-0.4, -0.2) is 14.2 Å². The molecule has 0 radical (unpaired) electrons. The zero-order valence-electron chi connectivity index (χ0n) is 8.61. The van der Waals surface area contributed by atoms with Crippen LogP contribution in [0.4, 0.5) is 0 Å². The highest BCUT2D eigenvalue weighted by molar-refractivity contribution is 7.59. The van der Waals surface area contributed by atoms with E-state index >= 15 is 0 Å². The minimum absolute atomic E-state index is 0.781. The molecule has 0 aliphatic carbocycles. The van der Waals surface area contributed by atoms with E-state index in [4.69, 9.17) is 22.1 Å². The van der Waals surface area contributed by atoms with Crippen LogP contribution in [0.3, 0.4) is 0 Å². The van der Waals surface area contributed by atoms with Gasteiger partial charge in [-0.1, -0.05) is 6.07 Å². The standard InChI is InChI=1S/C12H12O2S/c1-13-9-4-3-8-5-10(14-2)7-12(15)11(8)6-9/h3-7,15H,1-2H3/p-1. The smallest absolute Gasteiger partial charge is 0.119 e. The molecule has 78 valence electrons. The highest BCUT2D eigenvalue weighted by Gasteiger charge is 1.99. The second kappa shape index (κ2) is 3.95. The molecule has 0 saturated heterocycles. The molecule has 2 rings (SSSR count). The summed E-state index contributed by atoms with van der Waals surface area (Å²) in [5.74, 6) is 1.61. The average Bonchev–Trinajstić information content (AvgIpc) is 2.28. The van der Waals surface area contributed by atoms with Crippen molar-refractivity contribution in [2.45, 2.75) is 4.90 Å². The molecule has 2 aromatic rings. The quantitative estimate of drug-likeness (QED) is 0.724. The van der Waals surface area contributed by atoms with Crippen LogP contribution >= 0.6 is 0 Å². The first-order valence-electron chi connectivity index (χ1n) is 4.57. The Kier molecular flexibility index (Phi) is 2.64. The normalized spacial score (nSPS) is 10.3. The van der Waals surface area contributed by atoms with Crippen LogP contribution in [-0.2, 0) is 12.6 Å². The van der Waals surface area contributed by atoms with Gasteiger partial charge in [-0.2, -0.15) is 4.90 Å². The number of methoxy groups -OCH3 is 2. The van der Waals surface area contributed by atoms with Crippen LogP contribution in [0, 0.1) is 0 Å². The van der Waals surface area contributed by atoms with Gasteiger partial charge in [0.05, 0.1) is 14.2 Å². The molecule has 15 heavy (non-hydrogen) atoms. The van der Waals surface area contributed by atoms with E-state index < -0.39 is 0 Å². The summed E-state index contributed by atoms with van der Waals surface area (Å²) < 4.78 is 10.3. The summed E-state index contributed by atoms with van der Waals surface area (Å²) in [7, 11) is 3.28. The van der Waals surface area contributed by atoms with E-state index in [9.17, 15) is 0 Å². The predicted molar refractivity (Wildman–Crippen MR) is 62.7 cm³/mol. The first-order valence-corrected chi connectivity index (χ1v) is 4.98. The van der Waals surface area contributed by atoms with Gasteiger partial charge in [-0.3, -0.25) is 0 Å². The van der Waals surface area contributed by atoms with E-state index in [-0.39, 0.29) is 0 Å². The Balaban J connectivity index is 2.68. The van der Waals surface area contributed by atoms with Crippen molar-refractivity contribution in [3.8, 4) is 11.5 Å². The van der Waals surface area contributed by atoms with E-state index in [2.05, 4.69) is 0 Å². The van der Waals surface area contributed by atoms with Crippen LogP contribution in [0.25, 0.3) is 10.8 Å². The van der Waals surface area contributed by atoms with Gasteiger partial charge in [0, 0.05) is 0 Å². The van der Waals surface area contributed by atoms with E-state index in [1.54, 1.807) is 14.2 Å². The second-order valence-electron chi connectivity index (χ2n) is 3.21. The molecule has 2 aromatic carbocycles. The van der Waals surface area contributed by atoms with Gasteiger partial charge in [0.1, 0.15) is 11.5 Å². The molecule has 0 saturated carbocycles. The lowest BCUT2D eigenvalue weighted by Gasteiger charge is -2.14. The number of hydrogen-bond acceptors (Lipinski definition) is 3. The molecule has 0 atom stereocenters. The van der Waals surface area contributed by atoms with Crippen molar-refractivity contribution in [2.24, 2.45) is 0 Å². The molecule has 0 bridgehead atoms. The molecule has 0 N–H and O–H groups in total. The van der Waals surface area contributed by atoms with Gasteiger partial charge >= 0.3 is 0 Å².